The van der Waals surface area contributed by atoms with Crippen LogP contribution in [0.5, 0.6) is 0 Å². The first-order chi connectivity index (χ1) is 11.2. The lowest BCUT2D eigenvalue weighted by molar-refractivity contribution is 0.0663. The highest BCUT2D eigenvalue weighted by Crippen LogP contribution is 2.29. The van der Waals surface area contributed by atoms with Crippen LogP contribution in [-0.4, -0.2) is 16.1 Å². The van der Waals surface area contributed by atoms with Crippen molar-refractivity contribution < 1.29 is 14.3 Å². The molecule has 0 unspecified atom stereocenters. The average molecular weight is 322 g/mol. The van der Waals surface area contributed by atoms with Gasteiger partial charge in [0, 0.05) is 6.07 Å². The van der Waals surface area contributed by atoms with Crippen molar-refractivity contribution in [1.82, 2.24) is 4.98 Å². The van der Waals surface area contributed by atoms with Crippen LogP contribution in [0.1, 0.15) is 10.6 Å². The molecule has 0 fully saturated rings. The quantitative estimate of drug-likeness (QED) is 0.567. The van der Waals surface area contributed by atoms with Gasteiger partial charge in [0.05, 0.1) is 26.1 Å². The Labute approximate surface area is 134 Å². The summed E-state index contributed by atoms with van der Waals surface area (Å²) in [5.74, 6) is -0.969. The summed E-state index contributed by atoms with van der Waals surface area (Å²) in [4.78, 5) is 20.8. The molecule has 1 aromatic carbocycles. The largest absolute Gasteiger partial charge is 0.475 e. The molecule has 2 heterocycles. The normalized spacial score (nSPS) is 12.1. The molecule has 1 aromatic heterocycles. The number of hydrogen-bond acceptors (Lipinski definition) is 5. The maximum atomic E-state index is 10.8. The fourth-order valence-electron chi connectivity index (χ4n) is 2.26. The Morgan fingerprint density at radius 2 is 2.00 bits per heavy atom. The van der Waals surface area contributed by atoms with E-state index in [1.54, 1.807) is 11.3 Å². The number of carbonyl (C=O) groups is 1. The van der Waals surface area contributed by atoms with Crippen LogP contribution in [0.3, 0.4) is 0 Å². The van der Waals surface area contributed by atoms with Gasteiger partial charge in [-0.1, -0.05) is 12.1 Å². The number of furan rings is 1. The lowest BCUT2D eigenvalue weighted by Crippen LogP contribution is -2.00. The van der Waals surface area contributed by atoms with Gasteiger partial charge in [0.25, 0.3) is 0 Å². The van der Waals surface area contributed by atoms with Crippen LogP contribution in [-0.2, 0) is 0 Å². The average Bonchev–Trinajstić information content (AvgIpc) is 3.01. The van der Waals surface area contributed by atoms with Gasteiger partial charge in [-0.3, -0.25) is 0 Å². The van der Waals surface area contributed by atoms with Crippen LogP contribution in [0.15, 0.2) is 64.0 Å². The molecule has 1 aliphatic carbocycles. The van der Waals surface area contributed by atoms with Crippen molar-refractivity contribution in [1.29, 1.82) is 0 Å². The number of para-hydroxylation sites is 1. The minimum Gasteiger partial charge on any atom is -0.475 e. The number of fused-ring (bicyclic) bond motifs is 2. The van der Waals surface area contributed by atoms with Crippen LogP contribution >= 0.6 is 11.3 Å². The highest BCUT2D eigenvalue weighted by atomic mass is 32.1. The Kier molecular flexibility index (Phi) is 3.17. The Morgan fingerprint density at radius 3 is 2.83 bits per heavy atom. The third-order valence-electron chi connectivity index (χ3n) is 3.31. The van der Waals surface area contributed by atoms with E-state index < -0.39 is 5.97 Å². The Bertz CT molecular complexity index is 1060. The second kappa shape index (κ2) is 5.33. The first-order valence-electron chi connectivity index (χ1n) is 6.86. The molecule has 0 saturated heterocycles. The summed E-state index contributed by atoms with van der Waals surface area (Å²) in [6.45, 7) is 0. The van der Waals surface area contributed by atoms with Gasteiger partial charge in [-0.25, -0.2) is 14.8 Å². The molecule has 23 heavy (non-hydrogen) atoms. The van der Waals surface area contributed by atoms with Crippen LogP contribution in [0, 0.1) is 0 Å². The van der Waals surface area contributed by atoms with Gasteiger partial charge < -0.3 is 9.52 Å². The van der Waals surface area contributed by atoms with Gasteiger partial charge in [0.2, 0.25) is 11.6 Å². The topological polar surface area (TPSA) is 75.7 Å². The van der Waals surface area contributed by atoms with Crippen LogP contribution in [0.2, 0.25) is 0 Å². The van der Waals surface area contributed by atoms with Crippen molar-refractivity contribution in [2.75, 3.05) is 0 Å². The molecule has 1 aliphatic heterocycles. The zero-order chi connectivity index (χ0) is 15.8. The summed E-state index contributed by atoms with van der Waals surface area (Å²) in [7, 11) is 0. The Balaban J connectivity index is 1.84. The van der Waals surface area contributed by atoms with E-state index in [9.17, 15) is 4.79 Å². The molecule has 2 aromatic rings. The lowest BCUT2D eigenvalue weighted by Gasteiger charge is -2.05. The number of benzene rings is 2. The summed E-state index contributed by atoms with van der Waals surface area (Å²) in [5.41, 5.74) is 1.87. The molecule has 4 rings (SSSR count). The smallest absolute Gasteiger partial charge is 0.371 e. The van der Waals surface area contributed by atoms with Crippen molar-refractivity contribution in [3.8, 4) is 10.6 Å². The number of hydrogen-bond donors (Lipinski definition) is 1. The van der Waals surface area contributed by atoms with E-state index in [0.717, 1.165) is 20.8 Å². The van der Waals surface area contributed by atoms with Gasteiger partial charge >= 0.3 is 5.97 Å². The van der Waals surface area contributed by atoms with Gasteiger partial charge in [0.15, 0.2) is 0 Å². The SMILES string of the molecule is O=C(O)c1ccc(/N=c2\ccc3nc4ccccc4sc-3c2)o1. The van der Waals surface area contributed by atoms with Crippen molar-refractivity contribution in [2.24, 2.45) is 4.99 Å². The first kappa shape index (κ1) is 13.7. The zero-order valence-corrected chi connectivity index (χ0v) is 12.6. The standard InChI is InChI=1S/C17H10N2O3S/c20-17(21)13-7-8-16(22-13)18-10-5-6-12-15(9-10)23-14-4-2-1-3-11(14)19-12/h1-9H,(H,20,21)/b18-10+. The number of carboxylic acid groups (broad SMARTS) is 1. The van der Waals surface area contributed by atoms with E-state index in [4.69, 9.17) is 9.52 Å². The van der Waals surface area contributed by atoms with Gasteiger partial charge in [-0.05, 0) is 36.4 Å². The van der Waals surface area contributed by atoms with Crippen molar-refractivity contribution in [3.63, 3.8) is 0 Å². The van der Waals surface area contributed by atoms with Crippen LogP contribution in [0.4, 0.5) is 5.88 Å². The summed E-state index contributed by atoms with van der Waals surface area (Å²) < 4.78 is 6.25. The van der Waals surface area contributed by atoms with E-state index >= 15 is 0 Å². The van der Waals surface area contributed by atoms with Gasteiger partial charge in [-0.2, -0.15) is 0 Å². The third-order valence-corrected chi connectivity index (χ3v) is 4.42. The summed E-state index contributed by atoms with van der Waals surface area (Å²) in [6.07, 6.45) is 0. The van der Waals surface area contributed by atoms with Crippen LogP contribution < -0.4 is 5.36 Å². The zero-order valence-electron chi connectivity index (χ0n) is 11.8. The molecular formula is C17H10N2O3S. The summed E-state index contributed by atoms with van der Waals surface area (Å²) in [5, 5.41) is 9.56. The molecule has 1 N–H and O–H groups in total. The molecule has 0 radical (unpaired) electrons. The monoisotopic (exact) mass is 322 g/mol. The maximum absolute atomic E-state index is 10.8. The fourth-order valence-corrected chi connectivity index (χ4v) is 3.26. The number of aromatic nitrogens is 1. The summed E-state index contributed by atoms with van der Waals surface area (Å²) in [6, 6.07) is 16.5. The number of rotatable bonds is 2. The fraction of sp³-hybridized carbons (Fsp3) is 0. The first-order valence-corrected chi connectivity index (χ1v) is 7.68. The molecule has 0 bridgehead atoms. The maximum Gasteiger partial charge on any atom is 0.371 e. The highest BCUT2D eigenvalue weighted by molar-refractivity contribution is 7.21. The molecule has 0 atom stereocenters. The molecular weight excluding hydrogens is 312 g/mol. The molecule has 0 spiro atoms. The second-order valence-electron chi connectivity index (χ2n) is 4.89. The van der Waals surface area contributed by atoms with Crippen molar-refractivity contribution >= 4 is 33.4 Å². The van der Waals surface area contributed by atoms with Crippen LogP contribution in [0.25, 0.3) is 20.8 Å². The number of carboxylic acids is 1. The predicted octanol–water partition coefficient (Wildman–Crippen LogP) is 3.92. The molecule has 112 valence electrons. The molecule has 0 saturated carbocycles. The van der Waals surface area contributed by atoms with E-state index in [2.05, 4.69) is 9.98 Å². The van der Waals surface area contributed by atoms with Gasteiger partial charge in [-0.15, -0.1) is 11.3 Å². The molecule has 0 amide bonds. The molecule has 5 nitrogen and oxygen atoms in total. The minimum absolute atomic E-state index is 0.125. The van der Waals surface area contributed by atoms with E-state index in [0.29, 0.717) is 5.36 Å². The lowest BCUT2D eigenvalue weighted by atomic mass is 10.2. The summed E-state index contributed by atoms with van der Waals surface area (Å²) >= 11 is 1.64. The van der Waals surface area contributed by atoms with Crippen molar-refractivity contribution in [2.45, 2.75) is 0 Å². The number of aromatic carboxylic acids is 1. The van der Waals surface area contributed by atoms with E-state index in [1.165, 1.54) is 12.1 Å². The predicted molar refractivity (Wildman–Crippen MR) is 87.1 cm³/mol. The van der Waals surface area contributed by atoms with E-state index in [1.807, 2.05) is 42.5 Å². The number of nitrogens with zero attached hydrogens (tertiary/aromatic N) is 2. The van der Waals surface area contributed by atoms with E-state index in [-0.39, 0.29) is 11.6 Å². The third kappa shape index (κ3) is 2.60. The van der Waals surface area contributed by atoms with Gasteiger partial charge in [0.1, 0.15) is 0 Å². The highest BCUT2D eigenvalue weighted by Gasteiger charge is 2.09. The Morgan fingerprint density at radius 1 is 1.13 bits per heavy atom. The van der Waals surface area contributed by atoms with Crippen molar-refractivity contribution in [3.05, 3.63) is 65.7 Å². The minimum atomic E-state index is -1.11. The Hall–Kier alpha value is -2.99. The molecule has 2 aliphatic rings. The molecule has 6 heteroatoms. The second-order valence-corrected chi connectivity index (χ2v) is 5.97.